The van der Waals surface area contributed by atoms with Gasteiger partial charge in [-0.1, -0.05) is 6.07 Å². The number of hydrogen-bond acceptors (Lipinski definition) is 5. The van der Waals surface area contributed by atoms with Crippen LogP contribution >= 0.6 is 0 Å². The minimum Gasteiger partial charge on any atom is -0.378 e. The van der Waals surface area contributed by atoms with Crippen molar-refractivity contribution >= 4 is 23.0 Å². The van der Waals surface area contributed by atoms with Crippen LogP contribution in [-0.4, -0.2) is 37.1 Å². The summed E-state index contributed by atoms with van der Waals surface area (Å²) in [4.78, 5) is 24.9. The van der Waals surface area contributed by atoms with Gasteiger partial charge in [0.2, 0.25) is 0 Å². The zero-order chi connectivity index (χ0) is 18.7. The van der Waals surface area contributed by atoms with Gasteiger partial charge in [-0.2, -0.15) is 0 Å². The van der Waals surface area contributed by atoms with E-state index in [9.17, 15) is 19.3 Å². The predicted molar refractivity (Wildman–Crippen MR) is 95.2 cm³/mol. The molecule has 1 aliphatic heterocycles. The maximum absolute atomic E-state index is 14.0. The number of nitrogens with zero attached hydrogens (tertiary/aromatic N) is 2. The van der Waals surface area contributed by atoms with Crippen LogP contribution in [0.2, 0.25) is 0 Å². The zero-order valence-electron chi connectivity index (χ0n) is 14.2. The van der Waals surface area contributed by atoms with Gasteiger partial charge in [-0.3, -0.25) is 14.9 Å². The molecular weight excluding hydrogens is 341 g/mol. The number of nitro benzene ring substituents is 1. The van der Waals surface area contributed by atoms with E-state index in [2.05, 4.69) is 5.32 Å². The average molecular weight is 359 g/mol. The van der Waals surface area contributed by atoms with Crippen molar-refractivity contribution < 1.29 is 18.8 Å². The molecule has 0 aromatic heterocycles. The molecule has 0 saturated carbocycles. The van der Waals surface area contributed by atoms with E-state index < -0.39 is 16.6 Å². The molecule has 0 atom stereocenters. The van der Waals surface area contributed by atoms with Gasteiger partial charge in [0.15, 0.2) is 0 Å². The largest absolute Gasteiger partial charge is 0.378 e. The second-order valence-corrected chi connectivity index (χ2v) is 6.01. The lowest BCUT2D eigenvalue weighted by Gasteiger charge is -2.29. The summed E-state index contributed by atoms with van der Waals surface area (Å²) in [6, 6.07) is 8.53. The fourth-order valence-corrected chi connectivity index (χ4v) is 2.80. The first-order valence-electron chi connectivity index (χ1n) is 8.14. The summed E-state index contributed by atoms with van der Waals surface area (Å²) in [6.45, 7) is 3.95. The highest BCUT2D eigenvalue weighted by Crippen LogP contribution is 2.24. The number of halogens is 1. The van der Waals surface area contributed by atoms with Gasteiger partial charge in [-0.05, 0) is 31.2 Å². The number of carbonyl (C=O) groups is 1. The van der Waals surface area contributed by atoms with Crippen LogP contribution in [0.4, 0.5) is 21.5 Å². The first kappa shape index (κ1) is 17.8. The number of rotatable bonds is 4. The molecule has 8 heteroatoms. The van der Waals surface area contributed by atoms with Gasteiger partial charge in [0.25, 0.3) is 11.6 Å². The highest BCUT2D eigenvalue weighted by Gasteiger charge is 2.17. The Morgan fingerprint density at radius 2 is 1.96 bits per heavy atom. The van der Waals surface area contributed by atoms with E-state index in [0.29, 0.717) is 37.6 Å². The SMILES string of the molecule is Cc1ccc(NC(=O)c2cc(F)cc(N3CCOCC3)c2)cc1[N+](=O)[O-]. The van der Waals surface area contributed by atoms with E-state index in [1.807, 2.05) is 4.90 Å². The van der Waals surface area contributed by atoms with E-state index in [1.54, 1.807) is 25.1 Å². The second-order valence-electron chi connectivity index (χ2n) is 6.01. The number of amides is 1. The maximum Gasteiger partial charge on any atom is 0.274 e. The highest BCUT2D eigenvalue weighted by atomic mass is 19.1. The number of carbonyl (C=O) groups excluding carboxylic acids is 1. The van der Waals surface area contributed by atoms with Crippen LogP contribution in [0.3, 0.4) is 0 Å². The number of anilines is 2. The number of aryl methyl sites for hydroxylation is 1. The molecule has 3 rings (SSSR count). The minimum atomic E-state index is -0.530. The molecule has 7 nitrogen and oxygen atoms in total. The summed E-state index contributed by atoms with van der Waals surface area (Å²) in [5.41, 5.74) is 1.44. The maximum atomic E-state index is 14.0. The van der Waals surface area contributed by atoms with Crippen LogP contribution in [0.15, 0.2) is 36.4 Å². The van der Waals surface area contributed by atoms with E-state index in [0.717, 1.165) is 6.07 Å². The first-order valence-corrected chi connectivity index (χ1v) is 8.14. The van der Waals surface area contributed by atoms with Crippen molar-refractivity contribution in [2.45, 2.75) is 6.92 Å². The lowest BCUT2D eigenvalue weighted by Crippen LogP contribution is -2.36. The molecule has 2 aromatic carbocycles. The first-order chi connectivity index (χ1) is 12.4. The third-order valence-electron chi connectivity index (χ3n) is 4.18. The van der Waals surface area contributed by atoms with E-state index in [1.165, 1.54) is 12.1 Å². The molecule has 1 heterocycles. The Morgan fingerprint density at radius 1 is 1.23 bits per heavy atom. The third-order valence-corrected chi connectivity index (χ3v) is 4.18. The number of morpholine rings is 1. The Morgan fingerprint density at radius 3 is 2.65 bits per heavy atom. The number of nitro groups is 1. The quantitative estimate of drug-likeness (QED) is 0.670. The van der Waals surface area contributed by atoms with Gasteiger partial charge in [-0.25, -0.2) is 4.39 Å². The van der Waals surface area contributed by atoms with Crippen molar-refractivity contribution in [2.24, 2.45) is 0 Å². The van der Waals surface area contributed by atoms with Gasteiger partial charge in [0.1, 0.15) is 5.82 Å². The number of ether oxygens (including phenoxy) is 1. The summed E-state index contributed by atoms with van der Waals surface area (Å²) in [5, 5.41) is 13.6. The van der Waals surface area contributed by atoms with E-state index in [4.69, 9.17) is 4.74 Å². The highest BCUT2D eigenvalue weighted by molar-refractivity contribution is 6.05. The van der Waals surface area contributed by atoms with Crippen LogP contribution < -0.4 is 10.2 Å². The number of hydrogen-bond donors (Lipinski definition) is 1. The Labute approximate surface area is 149 Å². The summed E-state index contributed by atoms with van der Waals surface area (Å²) in [6.07, 6.45) is 0. The zero-order valence-corrected chi connectivity index (χ0v) is 14.2. The van der Waals surface area contributed by atoms with E-state index in [-0.39, 0.29) is 16.9 Å². The minimum absolute atomic E-state index is 0.0870. The van der Waals surface area contributed by atoms with Crippen LogP contribution in [0.5, 0.6) is 0 Å². The third kappa shape index (κ3) is 3.97. The molecule has 26 heavy (non-hydrogen) atoms. The van der Waals surface area contributed by atoms with Gasteiger partial charge in [-0.15, -0.1) is 0 Å². The molecule has 0 radical (unpaired) electrons. The van der Waals surface area contributed by atoms with Gasteiger partial charge in [0.05, 0.1) is 18.1 Å². The van der Waals surface area contributed by atoms with Crippen LogP contribution in [-0.2, 0) is 4.74 Å². The Bertz CT molecular complexity index is 850. The fourth-order valence-electron chi connectivity index (χ4n) is 2.80. The summed E-state index contributed by atoms with van der Waals surface area (Å²) in [5.74, 6) is -1.05. The Kier molecular flexibility index (Phi) is 5.13. The number of nitrogens with one attached hydrogen (secondary N) is 1. The molecular formula is C18H18FN3O4. The van der Waals surface area contributed by atoms with Crippen molar-refractivity contribution in [3.8, 4) is 0 Å². The van der Waals surface area contributed by atoms with Crippen molar-refractivity contribution in [3.05, 3.63) is 63.5 Å². The molecule has 1 aliphatic rings. The molecule has 1 amide bonds. The molecule has 2 aromatic rings. The van der Waals surface area contributed by atoms with Gasteiger partial charge >= 0.3 is 0 Å². The normalized spacial score (nSPS) is 14.2. The average Bonchev–Trinajstić information content (AvgIpc) is 2.63. The molecule has 0 unspecified atom stereocenters. The molecule has 1 N–H and O–H groups in total. The molecule has 136 valence electrons. The second kappa shape index (κ2) is 7.49. The molecule has 1 fully saturated rings. The van der Waals surface area contributed by atoms with Crippen molar-refractivity contribution in [3.63, 3.8) is 0 Å². The van der Waals surface area contributed by atoms with E-state index >= 15 is 0 Å². The van der Waals surface area contributed by atoms with Gasteiger partial charge < -0.3 is 15.0 Å². The molecule has 1 saturated heterocycles. The molecule has 0 bridgehead atoms. The van der Waals surface area contributed by atoms with Crippen LogP contribution in [0, 0.1) is 22.9 Å². The monoisotopic (exact) mass is 359 g/mol. The summed E-state index contributed by atoms with van der Waals surface area (Å²) >= 11 is 0. The van der Waals surface area contributed by atoms with Crippen LogP contribution in [0.1, 0.15) is 15.9 Å². The Hall–Kier alpha value is -3.00. The van der Waals surface area contributed by atoms with Crippen LogP contribution in [0.25, 0.3) is 0 Å². The summed E-state index contributed by atoms with van der Waals surface area (Å²) in [7, 11) is 0. The molecule has 0 spiro atoms. The lowest BCUT2D eigenvalue weighted by molar-refractivity contribution is -0.385. The Balaban J connectivity index is 1.82. The van der Waals surface area contributed by atoms with Crippen molar-refractivity contribution in [1.82, 2.24) is 0 Å². The van der Waals surface area contributed by atoms with Crippen molar-refractivity contribution in [1.29, 1.82) is 0 Å². The van der Waals surface area contributed by atoms with Crippen molar-refractivity contribution in [2.75, 3.05) is 36.5 Å². The predicted octanol–water partition coefficient (Wildman–Crippen LogP) is 3.13. The lowest BCUT2D eigenvalue weighted by atomic mass is 10.1. The topological polar surface area (TPSA) is 84.7 Å². The number of benzene rings is 2. The standard InChI is InChI=1S/C18H18FN3O4/c1-12-2-3-15(11-17(12)22(24)25)20-18(23)13-8-14(19)10-16(9-13)21-4-6-26-7-5-21/h2-3,8-11H,4-7H2,1H3,(H,20,23). The fraction of sp³-hybridized carbons (Fsp3) is 0.278. The van der Waals surface area contributed by atoms with Gasteiger partial charge in [0, 0.05) is 41.7 Å². The smallest absolute Gasteiger partial charge is 0.274 e. The molecule has 0 aliphatic carbocycles. The summed E-state index contributed by atoms with van der Waals surface area (Å²) < 4.78 is 19.3.